The molecular formula is C16H19N3O3. The molecule has 0 aliphatic rings. The predicted molar refractivity (Wildman–Crippen MR) is 81.5 cm³/mol. The number of nitrogens with zero attached hydrogens (tertiary/aromatic N) is 2. The Kier molecular flexibility index (Phi) is 5.30. The highest BCUT2D eigenvalue weighted by Crippen LogP contribution is 2.09. The normalized spacial score (nSPS) is 11.9. The number of nitrogens with one attached hydrogen (secondary N) is 1. The van der Waals surface area contributed by atoms with Gasteiger partial charge in [-0.1, -0.05) is 30.3 Å². The van der Waals surface area contributed by atoms with Gasteiger partial charge < -0.3 is 10.4 Å². The van der Waals surface area contributed by atoms with Gasteiger partial charge in [0.05, 0.1) is 0 Å². The molecule has 0 aliphatic carbocycles. The van der Waals surface area contributed by atoms with E-state index in [-0.39, 0.29) is 18.4 Å². The van der Waals surface area contributed by atoms with Crippen LogP contribution in [0.2, 0.25) is 0 Å². The fourth-order valence-electron chi connectivity index (χ4n) is 2.28. The fourth-order valence-corrected chi connectivity index (χ4v) is 2.28. The van der Waals surface area contributed by atoms with Crippen molar-refractivity contribution in [1.29, 1.82) is 0 Å². The average molecular weight is 301 g/mol. The minimum Gasteiger partial charge on any atom is -0.481 e. The standard InChI is InChI=1S/C16H19N3O3/c1-19-14(9-10-17-19)16(22)18-13(7-8-15(20)21)11-12-5-3-2-4-6-12/h2-6,9-10,13H,7-8,11H2,1H3,(H,18,22)(H,20,21). The number of amides is 1. The Morgan fingerprint density at radius 3 is 2.59 bits per heavy atom. The quantitative estimate of drug-likeness (QED) is 0.814. The number of rotatable bonds is 7. The minimum absolute atomic E-state index is 0.0170. The van der Waals surface area contributed by atoms with E-state index in [1.807, 2.05) is 30.3 Å². The van der Waals surface area contributed by atoms with Crippen LogP contribution in [0.4, 0.5) is 0 Å². The van der Waals surface area contributed by atoms with Crippen molar-refractivity contribution in [2.45, 2.75) is 25.3 Å². The van der Waals surface area contributed by atoms with E-state index in [1.54, 1.807) is 19.3 Å². The summed E-state index contributed by atoms with van der Waals surface area (Å²) >= 11 is 0. The zero-order valence-electron chi connectivity index (χ0n) is 12.4. The van der Waals surface area contributed by atoms with Crippen LogP contribution < -0.4 is 5.32 Å². The number of aliphatic carboxylic acids is 1. The van der Waals surface area contributed by atoms with Gasteiger partial charge in [-0.25, -0.2) is 0 Å². The van der Waals surface area contributed by atoms with Crippen LogP contribution >= 0.6 is 0 Å². The Morgan fingerprint density at radius 2 is 2.00 bits per heavy atom. The first-order valence-electron chi connectivity index (χ1n) is 7.11. The van der Waals surface area contributed by atoms with Crippen molar-refractivity contribution >= 4 is 11.9 Å². The van der Waals surface area contributed by atoms with Crippen LogP contribution in [0.5, 0.6) is 0 Å². The number of carbonyl (C=O) groups excluding carboxylic acids is 1. The summed E-state index contributed by atoms with van der Waals surface area (Å²) < 4.78 is 1.49. The highest BCUT2D eigenvalue weighted by Gasteiger charge is 2.17. The Hall–Kier alpha value is -2.63. The molecule has 1 unspecified atom stereocenters. The lowest BCUT2D eigenvalue weighted by Crippen LogP contribution is -2.37. The van der Waals surface area contributed by atoms with Gasteiger partial charge in [0.25, 0.3) is 5.91 Å². The zero-order chi connectivity index (χ0) is 15.9. The molecule has 0 spiro atoms. The molecule has 1 aromatic heterocycles. The fraction of sp³-hybridized carbons (Fsp3) is 0.312. The third-order valence-corrected chi connectivity index (χ3v) is 3.42. The second-order valence-corrected chi connectivity index (χ2v) is 5.13. The first kappa shape index (κ1) is 15.8. The summed E-state index contributed by atoms with van der Waals surface area (Å²) in [4.78, 5) is 23.1. The second kappa shape index (κ2) is 7.40. The predicted octanol–water partition coefficient (Wildman–Crippen LogP) is 1.63. The van der Waals surface area contributed by atoms with Gasteiger partial charge in [0.15, 0.2) is 0 Å². The van der Waals surface area contributed by atoms with Crippen molar-refractivity contribution in [2.24, 2.45) is 7.05 Å². The molecule has 2 N–H and O–H groups in total. The molecule has 1 heterocycles. The highest BCUT2D eigenvalue weighted by atomic mass is 16.4. The van der Waals surface area contributed by atoms with E-state index >= 15 is 0 Å². The number of aryl methyl sites for hydroxylation is 1. The van der Waals surface area contributed by atoms with E-state index in [4.69, 9.17) is 5.11 Å². The maximum absolute atomic E-state index is 12.3. The van der Waals surface area contributed by atoms with Gasteiger partial charge >= 0.3 is 5.97 Å². The van der Waals surface area contributed by atoms with Crippen LogP contribution in [0.3, 0.4) is 0 Å². The van der Waals surface area contributed by atoms with E-state index in [2.05, 4.69) is 10.4 Å². The van der Waals surface area contributed by atoms with Crippen molar-refractivity contribution in [3.8, 4) is 0 Å². The molecule has 2 rings (SSSR count). The van der Waals surface area contributed by atoms with E-state index in [0.29, 0.717) is 18.5 Å². The molecule has 0 fully saturated rings. The van der Waals surface area contributed by atoms with Crippen molar-refractivity contribution in [2.75, 3.05) is 0 Å². The first-order valence-corrected chi connectivity index (χ1v) is 7.11. The summed E-state index contributed by atoms with van der Waals surface area (Å²) in [5.74, 6) is -1.11. The lowest BCUT2D eigenvalue weighted by atomic mass is 10.0. The van der Waals surface area contributed by atoms with Crippen molar-refractivity contribution in [3.63, 3.8) is 0 Å². The summed E-state index contributed by atoms with van der Waals surface area (Å²) in [7, 11) is 1.69. The Bertz CT molecular complexity index is 637. The topological polar surface area (TPSA) is 84.2 Å². The molecular weight excluding hydrogens is 282 g/mol. The number of carboxylic acids is 1. The maximum Gasteiger partial charge on any atom is 0.303 e. The van der Waals surface area contributed by atoms with Gasteiger partial charge in [0.1, 0.15) is 5.69 Å². The van der Waals surface area contributed by atoms with Crippen molar-refractivity contribution in [1.82, 2.24) is 15.1 Å². The third kappa shape index (κ3) is 4.44. The van der Waals surface area contributed by atoms with Gasteiger partial charge in [-0.2, -0.15) is 5.10 Å². The number of carbonyl (C=O) groups is 2. The molecule has 6 heteroatoms. The van der Waals surface area contributed by atoms with Gasteiger partial charge in [0, 0.05) is 25.7 Å². The Labute approximate surface area is 128 Å². The zero-order valence-corrected chi connectivity index (χ0v) is 12.4. The smallest absolute Gasteiger partial charge is 0.303 e. The number of benzene rings is 1. The Morgan fingerprint density at radius 1 is 1.27 bits per heavy atom. The van der Waals surface area contributed by atoms with E-state index in [9.17, 15) is 9.59 Å². The molecule has 6 nitrogen and oxygen atoms in total. The third-order valence-electron chi connectivity index (χ3n) is 3.42. The molecule has 0 bridgehead atoms. The second-order valence-electron chi connectivity index (χ2n) is 5.13. The van der Waals surface area contributed by atoms with Crippen LogP contribution in [0, 0.1) is 0 Å². The Balaban J connectivity index is 2.05. The SMILES string of the molecule is Cn1nccc1C(=O)NC(CCC(=O)O)Cc1ccccc1. The van der Waals surface area contributed by atoms with Gasteiger partial charge in [-0.05, 0) is 24.5 Å². The molecule has 0 aliphatic heterocycles. The van der Waals surface area contributed by atoms with E-state index < -0.39 is 5.97 Å². The van der Waals surface area contributed by atoms with Crippen LogP contribution in [-0.2, 0) is 18.3 Å². The largest absolute Gasteiger partial charge is 0.481 e. The van der Waals surface area contributed by atoms with Gasteiger partial charge in [-0.3, -0.25) is 14.3 Å². The number of aromatic nitrogens is 2. The van der Waals surface area contributed by atoms with E-state index in [1.165, 1.54) is 4.68 Å². The highest BCUT2D eigenvalue weighted by molar-refractivity contribution is 5.92. The lowest BCUT2D eigenvalue weighted by Gasteiger charge is -2.18. The van der Waals surface area contributed by atoms with E-state index in [0.717, 1.165) is 5.56 Å². The van der Waals surface area contributed by atoms with Crippen molar-refractivity contribution < 1.29 is 14.7 Å². The molecule has 1 amide bonds. The first-order chi connectivity index (χ1) is 10.6. The van der Waals surface area contributed by atoms with Crippen molar-refractivity contribution in [3.05, 3.63) is 53.9 Å². The molecule has 116 valence electrons. The number of hydrogen-bond donors (Lipinski definition) is 2. The summed E-state index contributed by atoms with van der Waals surface area (Å²) in [5.41, 5.74) is 1.51. The molecule has 22 heavy (non-hydrogen) atoms. The van der Waals surface area contributed by atoms with Crippen LogP contribution in [-0.4, -0.2) is 32.8 Å². The van der Waals surface area contributed by atoms with Crippen LogP contribution in [0.15, 0.2) is 42.6 Å². The molecule has 1 aromatic carbocycles. The summed E-state index contributed by atoms with van der Waals surface area (Å²) in [6, 6.07) is 11.1. The molecule has 0 saturated heterocycles. The van der Waals surface area contributed by atoms with Gasteiger partial charge in [0.2, 0.25) is 0 Å². The summed E-state index contributed by atoms with van der Waals surface area (Å²) in [5, 5.41) is 15.7. The number of hydrogen-bond acceptors (Lipinski definition) is 3. The summed E-state index contributed by atoms with van der Waals surface area (Å²) in [6.45, 7) is 0. The average Bonchev–Trinajstić information content (AvgIpc) is 2.92. The van der Waals surface area contributed by atoms with Gasteiger partial charge in [-0.15, -0.1) is 0 Å². The molecule has 1 atom stereocenters. The monoisotopic (exact) mass is 301 g/mol. The molecule has 2 aromatic rings. The maximum atomic E-state index is 12.3. The number of carboxylic acid groups (broad SMARTS) is 1. The molecule has 0 saturated carbocycles. The molecule has 0 radical (unpaired) electrons. The van der Waals surface area contributed by atoms with Crippen LogP contribution in [0.1, 0.15) is 28.9 Å². The van der Waals surface area contributed by atoms with Crippen LogP contribution in [0.25, 0.3) is 0 Å². The summed E-state index contributed by atoms with van der Waals surface area (Å²) in [6.07, 6.45) is 2.55. The lowest BCUT2D eigenvalue weighted by molar-refractivity contribution is -0.137. The minimum atomic E-state index is -0.868.